The maximum absolute atomic E-state index is 12.4. The normalized spacial score (nSPS) is 12.3. The Morgan fingerprint density at radius 1 is 0.543 bits per heavy atom. The van der Waals surface area contributed by atoms with E-state index < -0.39 is 12.2 Å². The van der Waals surface area contributed by atoms with E-state index in [1.807, 2.05) is 62.4 Å². The minimum absolute atomic E-state index is 0.240. The van der Waals surface area contributed by atoms with Crippen molar-refractivity contribution in [3.05, 3.63) is 143 Å². The Morgan fingerprint density at radius 2 is 0.943 bits per heavy atom. The Morgan fingerprint density at radius 3 is 1.43 bits per heavy atom. The molecule has 0 fully saturated rings. The third-order valence-corrected chi connectivity index (χ3v) is 5.63. The highest BCUT2D eigenvalue weighted by molar-refractivity contribution is 6.01. The SMILES string of the molecule is CC(C)c1ccccc1C(=O)C(O)c1ccccc1.O=C(c1ccccc1)C(O)c1ccccc1. The topological polar surface area (TPSA) is 74.6 Å². The number of benzene rings is 4. The molecule has 0 bridgehead atoms. The van der Waals surface area contributed by atoms with Gasteiger partial charge in [0.15, 0.2) is 11.6 Å². The summed E-state index contributed by atoms with van der Waals surface area (Å²) < 4.78 is 0. The molecule has 0 aliphatic rings. The van der Waals surface area contributed by atoms with E-state index in [9.17, 15) is 19.8 Å². The minimum Gasteiger partial charge on any atom is -0.380 e. The van der Waals surface area contributed by atoms with Crippen LogP contribution >= 0.6 is 0 Å². The van der Waals surface area contributed by atoms with Gasteiger partial charge < -0.3 is 10.2 Å². The predicted octanol–water partition coefficient (Wildman–Crippen LogP) is 6.33. The van der Waals surface area contributed by atoms with Crippen LogP contribution in [0.3, 0.4) is 0 Å². The van der Waals surface area contributed by atoms with Gasteiger partial charge >= 0.3 is 0 Å². The number of aliphatic hydroxyl groups excluding tert-OH is 2. The summed E-state index contributed by atoms with van der Waals surface area (Å²) in [5.74, 6) is -0.259. The van der Waals surface area contributed by atoms with E-state index in [4.69, 9.17) is 0 Å². The fraction of sp³-hybridized carbons (Fsp3) is 0.161. The van der Waals surface area contributed by atoms with Crippen LogP contribution in [-0.2, 0) is 0 Å². The first-order valence-corrected chi connectivity index (χ1v) is 11.6. The summed E-state index contributed by atoms with van der Waals surface area (Å²) in [6.45, 7) is 4.09. The molecule has 4 aromatic rings. The van der Waals surface area contributed by atoms with Crippen molar-refractivity contribution in [3.8, 4) is 0 Å². The van der Waals surface area contributed by atoms with E-state index in [-0.39, 0.29) is 17.5 Å². The minimum atomic E-state index is -1.10. The van der Waals surface area contributed by atoms with Gasteiger partial charge in [0.1, 0.15) is 12.2 Å². The molecule has 0 aromatic heterocycles. The summed E-state index contributed by atoms with van der Waals surface area (Å²) in [5.41, 5.74) is 3.36. The van der Waals surface area contributed by atoms with Gasteiger partial charge in [-0.2, -0.15) is 0 Å². The smallest absolute Gasteiger partial charge is 0.196 e. The molecule has 0 aliphatic carbocycles. The molecule has 4 rings (SSSR count). The fourth-order valence-corrected chi connectivity index (χ4v) is 3.71. The summed E-state index contributed by atoms with van der Waals surface area (Å²) in [7, 11) is 0. The zero-order valence-electron chi connectivity index (χ0n) is 19.9. The summed E-state index contributed by atoms with van der Waals surface area (Å²) in [4.78, 5) is 24.3. The molecular formula is C31H30O4. The summed E-state index contributed by atoms with van der Waals surface area (Å²) in [6.07, 6.45) is -2.18. The molecule has 0 spiro atoms. The van der Waals surface area contributed by atoms with Crippen LogP contribution in [0.1, 0.15) is 69.4 Å². The quantitative estimate of drug-likeness (QED) is 0.312. The lowest BCUT2D eigenvalue weighted by Crippen LogP contribution is -2.14. The van der Waals surface area contributed by atoms with Crippen LogP contribution in [0.4, 0.5) is 0 Å². The average molecular weight is 467 g/mol. The highest BCUT2D eigenvalue weighted by Gasteiger charge is 2.22. The maximum atomic E-state index is 12.4. The number of aliphatic hydroxyl groups is 2. The van der Waals surface area contributed by atoms with Crippen LogP contribution in [0, 0.1) is 0 Å². The second kappa shape index (κ2) is 12.6. The van der Waals surface area contributed by atoms with Gasteiger partial charge in [-0.1, -0.05) is 129 Å². The molecule has 0 saturated carbocycles. The van der Waals surface area contributed by atoms with Gasteiger partial charge in [-0.05, 0) is 22.6 Å². The van der Waals surface area contributed by atoms with Gasteiger partial charge in [-0.3, -0.25) is 9.59 Å². The largest absolute Gasteiger partial charge is 0.380 e. The molecule has 35 heavy (non-hydrogen) atoms. The van der Waals surface area contributed by atoms with Crippen molar-refractivity contribution in [1.29, 1.82) is 0 Å². The third kappa shape index (κ3) is 6.82. The lowest BCUT2D eigenvalue weighted by Gasteiger charge is -2.15. The molecule has 4 nitrogen and oxygen atoms in total. The first-order chi connectivity index (χ1) is 16.9. The molecule has 4 aromatic carbocycles. The number of rotatable bonds is 7. The van der Waals surface area contributed by atoms with Gasteiger partial charge in [0.25, 0.3) is 0 Å². The Balaban J connectivity index is 0.000000198. The van der Waals surface area contributed by atoms with Crippen molar-refractivity contribution in [1.82, 2.24) is 0 Å². The standard InChI is InChI=1S/C17H18O2.C14H12O2/c1-12(2)14-10-6-7-11-15(14)17(19)16(18)13-8-4-3-5-9-13;15-13(11-7-3-1-4-8-11)14(16)12-9-5-2-6-10-12/h3-12,16,18H,1-2H3;1-10,13,15H. The van der Waals surface area contributed by atoms with E-state index in [0.717, 1.165) is 5.56 Å². The van der Waals surface area contributed by atoms with E-state index in [2.05, 4.69) is 0 Å². The maximum Gasteiger partial charge on any atom is 0.196 e. The molecular weight excluding hydrogens is 436 g/mol. The first kappa shape index (κ1) is 25.8. The lowest BCUT2D eigenvalue weighted by atomic mass is 9.91. The van der Waals surface area contributed by atoms with E-state index in [1.54, 1.807) is 66.7 Å². The molecule has 178 valence electrons. The lowest BCUT2D eigenvalue weighted by molar-refractivity contribution is 0.0742. The molecule has 0 heterocycles. The predicted molar refractivity (Wildman–Crippen MR) is 138 cm³/mol. The molecule has 0 saturated heterocycles. The Labute approximate surface area is 206 Å². The van der Waals surface area contributed by atoms with Crippen molar-refractivity contribution in [2.75, 3.05) is 0 Å². The number of carbonyl (C=O) groups is 2. The molecule has 2 unspecified atom stereocenters. The molecule has 4 heteroatoms. The summed E-state index contributed by atoms with van der Waals surface area (Å²) in [5, 5.41) is 20.1. The van der Waals surface area contributed by atoms with Crippen LogP contribution < -0.4 is 0 Å². The summed E-state index contributed by atoms with van der Waals surface area (Å²) in [6, 6.07) is 34.2. The van der Waals surface area contributed by atoms with Crippen molar-refractivity contribution >= 4 is 11.6 Å². The number of ketones is 2. The van der Waals surface area contributed by atoms with Crippen LogP contribution in [0.25, 0.3) is 0 Å². The van der Waals surface area contributed by atoms with Crippen molar-refractivity contribution in [3.63, 3.8) is 0 Å². The van der Waals surface area contributed by atoms with Crippen molar-refractivity contribution < 1.29 is 19.8 Å². The molecule has 2 atom stereocenters. The van der Waals surface area contributed by atoms with Crippen LogP contribution in [0.5, 0.6) is 0 Å². The van der Waals surface area contributed by atoms with Gasteiger partial charge in [-0.15, -0.1) is 0 Å². The zero-order valence-corrected chi connectivity index (χ0v) is 19.9. The second-order valence-corrected chi connectivity index (χ2v) is 8.46. The monoisotopic (exact) mass is 466 g/mol. The molecule has 0 amide bonds. The van der Waals surface area contributed by atoms with Gasteiger partial charge in [0.05, 0.1) is 0 Å². The molecule has 2 N–H and O–H groups in total. The number of hydrogen-bond donors (Lipinski definition) is 2. The Hall–Kier alpha value is -3.86. The number of carbonyl (C=O) groups excluding carboxylic acids is 2. The van der Waals surface area contributed by atoms with E-state index in [1.165, 1.54) is 0 Å². The average Bonchev–Trinajstić information content (AvgIpc) is 2.93. The van der Waals surface area contributed by atoms with E-state index in [0.29, 0.717) is 22.3 Å². The van der Waals surface area contributed by atoms with Crippen molar-refractivity contribution in [2.24, 2.45) is 0 Å². The van der Waals surface area contributed by atoms with Crippen LogP contribution in [0.15, 0.2) is 115 Å². The second-order valence-electron chi connectivity index (χ2n) is 8.46. The van der Waals surface area contributed by atoms with Crippen LogP contribution in [0.2, 0.25) is 0 Å². The molecule has 0 aliphatic heterocycles. The van der Waals surface area contributed by atoms with Crippen LogP contribution in [-0.4, -0.2) is 21.8 Å². The first-order valence-electron chi connectivity index (χ1n) is 11.6. The third-order valence-electron chi connectivity index (χ3n) is 5.63. The van der Waals surface area contributed by atoms with Gasteiger partial charge in [0, 0.05) is 11.1 Å². The van der Waals surface area contributed by atoms with Gasteiger partial charge in [0.2, 0.25) is 0 Å². The zero-order chi connectivity index (χ0) is 25.2. The van der Waals surface area contributed by atoms with Gasteiger partial charge in [-0.25, -0.2) is 0 Å². The highest BCUT2D eigenvalue weighted by atomic mass is 16.3. The Bertz CT molecular complexity index is 1220. The fourth-order valence-electron chi connectivity index (χ4n) is 3.71. The van der Waals surface area contributed by atoms with E-state index >= 15 is 0 Å². The highest BCUT2D eigenvalue weighted by Crippen LogP contribution is 2.25. The molecule has 0 radical (unpaired) electrons. The Kier molecular flexibility index (Phi) is 9.24. The number of hydrogen-bond acceptors (Lipinski definition) is 4. The summed E-state index contributed by atoms with van der Waals surface area (Å²) >= 11 is 0. The van der Waals surface area contributed by atoms with Crippen molar-refractivity contribution in [2.45, 2.75) is 32.0 Å². The number of Topliss-reactive ketones (excluding diaryl/α,β-unsaturated/α-hetero) is 2.